The second kappa shape index (κ2) is 14.3. The van der Waals surface area contributed by atoms with E-state index in [0.717, 1.165) is 60.5 Å². The average Bonchev–Trinajstić information content (AvgIpc) is 3.83. The minimum atomic E-state index is 0. The average molecular weight is 972 g/mol. The van der Waals surface area contributed by atoms with E-state index >= 15 is 0 Å². The van der Waals surface area contributed by atoms with Crippen molar-refractivity contribution in [1.82, 2.24) is 14.0 Å². The minimum Gasteiger partial charge on any atom is -0.510 e. The van der Waals surface area contributed by atoms with Gasteiger partial charge in [-0.15, -0.1) is 29.7 Å². The smallest absolute Gasteiger partial charge is 0.268 e. The summed E-state index contributed by atoms with van der Waals surface area (Å²) in [5.41, 5.74) is 4.87. The van der Waals surface area contributed by atoms with Crippen LogP contribution in [0, 0.1) is 18.5 Å². The van der Waals surface area contributed by atoms with Gasteiger partial charge in [0, 0.05) is 50.5 Å². The molecule has 0 saturated heterocycles. The number of hydrogen-bond donors (Lipinski definition) is 0. The summed E-state index contributed by atoms with van der Waals surface area (Å²) >= 11 is 0. The second-order valence-electron chi connectivity index (χ2n) is 15.5. The van der Waals surface area contributed by atoms with Crippen molar-refractivity contribution in [1.29, 1.82) is 0 Å². The van der Waals surface area contributed by atoms with Gasteiger partial charge in [0.2, 0.25) is 0 Å². The molecule has 0 N–H and O–H groups in total. The molecule has 62 heavy (non-hydrogen) atoms. The van der Waals surface area contributed by atoms with Crippen LogP contribution in [0.3, 0.4) is 0 Å². The summed E-state index contributed by atoms with van der Waals surface area (Å²) in [4.78, 5) is 4.69. The molecule has 294 valence electrons. The van der Waals surface area contributed by atoms with Crippen LogP contribution in [-0.2, 0) is 21.1 Å². The number of fused-ring (bicyclic) bond motifs is 12. The van der Waals surface area contributed by atoms with Gasteiger partial charge in [-0.25, -0.2) is 4.98 Å². The van der Waals surface area contributed by atoms with Gasteiger partial charge in [0.1, 0.15) is 5.82 Å². The predicted octanol–water partition coefficient (Wildman–Crippen LogP) is 13.4. The molecule has 0 aliphatic rings. The van der Waals surface area contributed by atoms with Gasteiger partial charge in [-0.2, -0.15) is 18.2 Å². The van der Waals surface area contributed by atoms with Crippen molar-refractivity contribution in [3.8, 4) is 23.0 Å². The van der Waals surface area contributed by atoms with Crippen molar-refractivity contribution in [2.75, 3.05) is 0 Å². The molecule has 13 aromatic rings. The number of aromatic nitrogens is 4. The quantitative estimate of drug-likeness (QED) is 0.130. The first kappa shape index (κ1) is 36.3. The Morgan fingerprint density at radius 3 is 1.74 bits per heavy atom. The minimum absolute atomic E-state index is 0. The predicted molar refractivity (Wildman–Crippen MR) is 248 cm³/mol. The van der Waals surface area contributed by atoms with Crippen LogP contribution in [0.5, 0.6) is 11.5 Å². The molecule has 0 fully saturated rings. The van der Waals surface area contributed by atoms with E-state index in [0.29, 0.717) is 11.5 Å². The van der Waals surface area contributed by atoms with Crippen LogP contribution in [0.1, 0.15) is 0 Å². The van der Waals surface area contributed by atoms with Gasteiger partial charge in [0.15, 0.2) is 0 Å². The van der Waals surface area contributed by atoms with Crippen LogP contribution >= 0.6 is 0 Å². The molecular weight excluding hydrogens is 940 g/mol. The Morgan fingerprint density at radius 2 is 1.03 bits per heavy atom. The molecule has 0 aliphatic heterocycles. The zero-order valence-corrected chi connectivity index (χ0v) is 35.3. The number of benzene rings is 8. The molecule has 0 spiro atoms. The Bertz CT molecular complexity index is 3980. The Kier molecular flexibility index (Phi) is 8.35. The number of pyridine rings is 1. The van der Waals surface area contributed by atoms with Crippen LogP contribution in [0.4, 0.5) is 0 Å². The van der Waals surface area contributed by atoms with Crippen LogP contribution in [0.15, 0.2) is 194 Å². The number of ether oxygens (including phenoxy) is 1. The fourth-order valence-corrected chi connectivity index (χ4v) is 9.60. The summed E-state index contributed by atoms with van der Waals surface area (Å²) < 4.78 is 13.1. The Hall–Kier alpha value is -7.59. The van der Waals surface area contributed by atoms with Crippen molar-refractivity contribution in [3.05, 3.63) is 213 Å². The van der Waals surface area contributed by atoms with Gasteiger partial charge in [0.25, 0.3) is 6.33 Å². The third-order valence-electron chi connectivity index (χ3n) is 12.2. The first-order valence-electron chi connectivity index (χ1n) is 20.5. The van der Waals surface area contributed by atoms with Crippen molar-refractivity contribution in [2.45, 2.75) is 0 Å². The second-order valence-corrected chi connectivity index (χ2v) is 15.5. The molecule has 0 atom stereocenters. The molecular formula is C56H32N4OPt-2. The monoisotopic (exact) mass is 971 g/mol. The van der Waals surface area contributed by atoms with Gasteiger partial charge < -0.3 is 13.9 Å². The first-order chi connectivity index (χ1) is 30.3. The fourth-order valence-electron chi connectivity index (χ4n) is 9.60. The molecule has 0 saturated carbocycles. The zero-order valence-electron chi connectivity index (χ0n) is 33.0. The van der Waals surface area contributed by atoms with Crippen LogP contribution in [0.2, 0.25) is 0 Å². The van der Waals surface area contributed by atoms with Crippen molar-refractivity contribution in [2.24, 2.45) is 0 Å². The van der Waals surface area contributed by atoms with E-state index in [1.165, 1.54) is 43.1 Å². The number of nitrogens with zero attached hydrogens (tertiary/aromatic N) is 4. The molecule has 4 aromatic heterocycles. The van der Waals surface area contributed by atoms with E-state index in [-0.39, 0.29) is 21.1 Å². The molecule has 0 radical (unpaired) electrons. The summed E-state index contributed by atoms with van der Waals surface area (Å²) in [5.74, 6) is 1.98. The van der Waals surface area contributed by atoms with Gasteiger partial charge in [-0.1, -0.05) is 133 Å². The van der Waals surface area contributed by atoms with E-state index in [9.17, 15) is 0 Å². The molecule has 13 rings (SSSR count). The Balaban J connectivity index is 0.00000410. The maximum Gasteiger partial charge on any atom is 0.268 e. The van der Waals surface area contributed by atoms with Gasteiger partial charge in [-0.05, 0) is 94.6 Å². The van der Waals surface area contributed by atoms with Gasteiger partial charge in [0.05, 0.1) is 11.0 Å². The molecule has 6 heteroatoms. The summed E-state index contributed by atoms with van der Waals surface area (Å²) in [6.07, 6.45) is 7.92. The van der Waals surface area contributed by atoms with Crippen molar-refractivity contribution in [3.63, 3.8) is 0 Å². The summed E-state index contributed by atoms with van der Waals surface area (Å²) in [6.45, 7) is 0. The summed E-state index contributed by atoms with van der Waals surface area (Å²) in [5, 5.41) is 15.3. The molecule has 0 bridgehead atoms. The molecule has 5 nitrogen and oxygen atoms in total. The van der Waals surface area contributed by atoms with E-state index in [2.05, 4.69) is 184 Å². The first-order valence-corrected chi connectivity index (χ1v) is 20.5. The zero-order chi connectivity index (χ0) is 40.0. The molecule has 4 heterocycles. The SMILES string of the molecule is [Pt].[c-]1c(Oc2[c-]c3c(cc2)c2ccccc2n3-c2ccccn2)cccc1-[n+]1[c-]n2cc3c4ccccc4c4ccccc4c4ccccc4c4ccc(c5ccccc51)c2c43. The van der Waals surface area contributed by atoms with E-state index in [4.69, 9.17) is 9.72 Å². The topological polar surface area (TPSA) is 35.3 Å². The van der Waals surface area contributed by atoms with E-state index < -0.39 is 0 Å². The normalized spacial score (nSPS) is 11.7. The van der Waals surface area contributed by atoms with Crippen molar-refractivity contribution < 1.29 is 30.4 Å². The van der Waals surface area contributed by atoms with E-state index in [1.54, 1.807) is 0 Å². The standard InChI is InChI=1S/C56H32N4O.Pt/c1-2-17-40-39(16-1)41-18-3-5-20-43(41)48-29-30-49-46-23-7-9-24-51(46)59(35-58-34-50(55(48)56(49)58)44-21-6-4-19-42(40)44)36-14-13-15-37(32-36)61-38-27-28-47-45-22-8-10-25-52(45)60(53(47)33-38)54-26-11-12-31-57-54;/h1-31,34H;/q-2;. The van der Waals surface area contributed by atoms with E-state index in [1.807, 2.05) is 42.6 Å². The number of rotatable bonds is 4. The summed E-state index contributed by atoms with van der Waals surface area (Å²) in [6, 6.07) is 71.2. The maximum atomic E-state index is 6.62. The van der Waals surface area contributed by atoms with Crippen molar-refractivity contribution >= 4 is 92.1 Å². The third-order valence-corrected chi connectivity index (χ3v) is 12.2. The fraction of sp³-hybridized carbons (Fsp3) is 0. The van der Waals surface area contributed by atoms with Gasteiger partial charge >= 0.3 is 0 Å². The van der Waals surface area contributed by atoms with Crippen LogP contribution in [0.25, 0.3) is 104 Å². The van der Waals surface area contributed by atoms with Gasteiger partial charge in [-0.3, -0.25) is 4.40 Å². The maximum absolute atomic E-state index is 6.62. The Morgan fingerprint density at radius 1 is 0.452 bits per heavy atom. The van der Waals surface area contributed by atoms with Crippen LogP contribution < -0.4 is 9.30 Å². The molecule has 0 aliphatic carbocycles. The largest absolute Gasteiger partial charge is 0.510 e. The number of para-hydroxylation sites is 2. The number of hydrogen-bond acceptors (Lipinski definition) is 2. The molecule has 0 unspecified atom stereocenters. The molecule has 0 amide bonds. The Labute approximate surface area is 370 Å². The van der Waals surface area contributed by atoms with Crippen LogP contribution in [-0.4, -0.2) is 14.0 Å². The third kappa shape index (κ3) is 5.45. The molecule has 9 aromatic carbocycles. The summed E-state index contributed by atoms with van der Waals surface area (Å²) in [7, 11) is 0.